The van der Waals surface area contributed by atoms with Crippen LogP contribution in [0.4, 0.5) is 13.2 Å². The predicted octanol–water partition coefficient (Wildman–Crippen LogP) is 5.20. The van der Waals surface area contributed by atoms with Gasteiger partial charge in [-0.1, -0.05) is 16.8 Å². The van der Waals surface area contributed by atoms with Gasteiger partial charge in [0.2, 0.25) is 5.91 Å². The zero-order chi connectivity index (χ0) is 31.3. The number of benzene rings is 2. The van der Waals surface area contributed by atoms with Gasteiger partial charge in [-0.15, -0.1) is 0 Å². The van der Waals surface area contributed by atoms with Crippen LogP contribution in [0.15, 0.2) is 40.9 Å². The lowest BCUT2D eigenvalue weighted by atomic mass is 9.67. The number of hydrogen-bond donors (Lipinski definition) is 3. The molecular formula is C31H34ClF3N4O4. The van der Waals surface area contributed by atoms with Crippen LogP contribution in [-0.2, 0) is 15.7 Å². The van der Waals surface area contributed by atoms with E-state index in [-0.39, 0.29) is 53.2 Å². The van der Waals surface area contributed by atoms with Gasteiger partial charge in [0, 0.05) is 47.6 Å². The number of primary amides is 1. The van der Waals surface area contributed by atoms with E-state index in [1.807, 2.05) is 0 Å². The Balaban J connectivity index is 1.52. The molecule has 5 rings (SSSR count). The van der Waals surface area contributed by atoms with Gasteiger partial charge < -0.3 is 20.7 Å². The Labute approximate surface area is 252 Å². The first-order valence-corrected chi connectivity index (χ1v) is 14.5. The lowest BCUT2D eigenvalue weighted by Gasteiger charge is -2.55. The predicted molar refractivity (Wildman–Crippen MR) is 154 cm³/mol. The fourth-order valence-electron chi connectivity index (χ4n) is 6.43. The van der Waals surface area contributed by atoms with E-state index in [0.717, 1.165) is 18.9 Å². The monoisotopic (exact) mass is 618 g/mol. The second kappa shape index (κ2) is 11.3. The van der Waals surface area contributed by atoms with E-state index in [2.05, 4.69) is 15.4 Å². The van der Waals surface area contributed by atoms with Crippen LogP contribution in [0.2, 0.25) is 5.02 Å². The summed E-state index contributed by atoms with van der Waals surface area (Å²) in [7, 11) is 0. The topological polar surface area (TPSA) is 122 Å². The van der Waals surface area contributed by atoms with E-state index in [1.54, 1.807) is 26.8 Å². The molecule has 2 amide bonds. The summed E-state index contributed by atoms with van der Waals surface area (Å²) in [5.74, 6) is -3.74. The summed E-state index contributed by atoms with van der Waals surface area (Å²) in [6, 6.07) is 7.06. The fraction of sp³-hybridized carbons (Fsp3) is 0.452. The number of carbonyl (C=O) groups is 2. The summed E-state index contributed by atoms with van der Waals surface area (Å²) >= 11 is 6.06. The number of likely N-dealkylation sites (tertiary alicyclic amines) is 1. The minimum absolute atomic E-state index is 0.110. The van der Waals surface area contributed by atoms with Gasteiger partial charge in [-0.3, -0.25) is 14.5 Å². The van der Waals surface area contributed by atoms with Crippen molar-refractivity contribution in [1.29, 1.82) is 0 Å². The molecule has 2 aromatic carbocycles. The van der Waals surface area contributed by atoms with Gasteiger partial charge in [-0.25, -0.2) is 13.2 Å². The van der Waals surface area contributed by atoms with Crippen LogP contribution in [0.1, 0.15) is 74.5 Å². The van der Waals surface area contributed by atoms with E-state index in [4.69, 9.17) is 21.9 Å². The Morgan fingerprint density at radius 2 is 1.81 bits per heavy atom. The maximum absolute atomic E-state index is 15.0. The number of nitrogens with two attached hydrogens (primary N) is 1. The molecular weight excluding hydrogens is 585 g/mol. The fourth-order valence-corrected chi connectivity index (χ4v) is 6.65. The number of halogens is 4. The lowest BCUT2D eigenvalue weighted by Crippen LogP contribution is -2.65. The summed E-state index contributed by atoms with van der Waals surface area (Å²) in [6.07, 6.45) is 2.51. The number of aliphatic hydroxyl groups is 1. The molecule has 0 bridgehead atoms. The van der Waals surface area contributed by atoms with E-state index < -0.39 is 45.8 Å². The van der Waals surface area contributed by atoms with Gasteiger partial charge in [0.15, 0.2) is 11.5 Å². The highest BCUT2D eigenvalue weighted by atomic mass is 35.5. The minimum Gasteiger partial charge on any atom is -0.390 e. The third-order valence-corrected chi connectivity index (χ3v) is 8.95. The number of nitrogens with one attached hydrogen (secondary N) is 1. The molecule has 0 atom stereocenters. The molecule has 2 aliphatic rings. The van der Waals surface area contributed by atoms with Crippen molar-refractivity contribution in [2.45, 2.75) is 75.5 Å². The molecule has 0 spiro atoms. The first-order valence-electron chi connectivity index (χ1n) is 14.1. The van der Waals surface area contributed by atoms with Crippen LogP contribution in [0.5, 0.6) is 0 Å². The normalized spacial score (nSPS) is 22.2. The molecule has 1 aliphatic heterocycles. The van der Waals surface area contributed by atoms with Crippen LogP contribution in [0.3, 0.4) is 0 Å². The largest absolute Gasteiger partial charge is 0.390 e. The van der Waals surface area contributed by atoms with Gasteiger partial charge in [0.1, 0.15) is 17.5 Å². The molecule has 1 aliphatic carbocycles. The molecule has 1 saturated heterocycles. The van der Waals surface area contributed by atoms with Crippen molar-refractivity contribution >= 4 is 23.4 Å². The van der Waals surface area contributed by atoms with Crippen molar-refractivity contribution in [3.63, 3.8) is 0 Å². The summed E-state index contributed by atoms with van der Waals surface area (Å²) in [4.78, 5) is 28.5. The number of aromatic nitrogens is 1. The second-order valence-corrected chi connectivity index (χ2v) is 13.1. The van der Waals surface area contributed by atoms with Crippen LogP contribution < -0.4 is 11.1 Å². The summed E-state index contributed by atoms with van der Waals surface area (Å²) in [5.41, 5.74) is 3.07. The van der Waals surface area contributed by atoms with Crippen molar-refractivity contribution < 1.29 is 32.4 Å². The Morgan fingerprint density at radius 3 is 2.42 bits per heavy atom. The first-order chi connectivity index (χ1) is 20.1. The molecule has 8 nitrogen and oxygen atoms in total. The number of amides is 2. The molecule has 2 heterocycles. The third-order valence-electron chi connectivity index (χ3n) is 8.73. The van der Waals surface area contributed by atoms with E-state index in [9.17, 15) is 23.5 Å². The average molecular weight is 619 g/mol. The first kappa shape index (κ1) is 31.0. The minimum atomic E-state index is -1.08. The van der Waals surface area contributed by atoms with Crippen LogP contribution in [-0.4, -0.2) is 51.7 Å². The van der Waals surface area contributed by atoms with Crippen molar-refractivity contribution in [2.24, 2.45) is 5.73 Å². The van der Waals surface area contributed by atoms with Crippen molar-refractivity contribution in [3.05, 3.63) is 75.7 Å². The standard InChI is InChI=1S/C31H34ClF3N4O4/c1-29(2,17-10-18(32)12-20(34)11-17)37-24(40)14-31(15-39(16-31)21-6-8-30(3,42)9-7-21)25-26(28(36)41)38-43-27(25)22-5-4-19(33)13-23(22)35/h4-5,10-13,21,42H,6-9,14-16H2,1-3H3,(H2,36,41)(H,37,40). The van der Waals surface area contributed by atoms with Gasteiger partial charge in [0.25, 0.3) is 5.91 Å². The quantitative estimate of drug-likeness (QED) is 0.319. The number of hydrogen-bond acceptors (Lipinski definition) is 6. The third kappa shape index (κ3) is 6.30. The molecule has 1 aromatic heterocycles. The molecule has 3 aromatic rings. The molecule has 4 N–H and O–H groups in total. The van der Waals surface area contributed by atoms with E-state index in [1.165, 1.54) is 18.2 Å². The molecule has 0 radical (unpaired) electrons. The van der Waals surface area contributed by atoms with Crippen LogP contribution >= 0.6 is 11.6 Å². The number of rotatable bonds is 8. The second-order valence-electron chi connectivity index (χ2n) is 12.6. The highest BCUT2D eigenvalue weighted by Crippen LogP contribution is 2.47. The lowest BCUT2D eigenvalue weighted by molar-refractivity contribution is -0.127. The van der Waals surface area contributed by atoms with Gasteiger partial charge in [-0.05, 0) is 82.3 Å². The van der Waals surface area contributed by atoms with E-state index >= 15 is 4.39 Å². The Kier molecular flexibility index (Phi) is 8.12. The number of carbonyl (C=O) groups excluding carboxylic acids is 2. The Morgan fingerprint density at radius 1 is 1.14 bits per heavy atom. The van der Waals surface area contributed by atoms with Crippen molar-refractivity contribution in [2.75, 3.05) is 13.1 Å². The van der Waals surface area contributed by atoms with E-state index in [0.29, 0.717) is 24.5 Å². The zero-order valence-corrected chi connectivity index (χ0v) is 24.9. The van der Waals surface area contributed by atoms with Crippen molar-refractivity contribution in [3.8, 4) is 11.3 Å². The highest BCUT2D eigenvalue weighted by Gasteiger charge is 2.53. The molecule has 230 valence electrons. The van der Waals surface area contributed by atoms with Crippen LogP contribution in [0, 0.1) is 17.5 Å². The van der Waals surface area contributed by atoms with Crippen molar-refractivity contribution in [1.82, 2.24) is 15.4 Å². The van der Waals surface area contributed by atoms with Gasteiger partial charge in [-0.2, -0.15) is 0 Å². The Bertz CT molecular complexity index is 1540. The van der Waals surface area contributed by atoms with Gasteiger partial charge >= 0.3 is 0 Å². The SMILES string of the molecule is CC1(O)CCC(N2CC(CC(=O)NC(C)(C)c3cc(F)cc(Cl)c3)(c3c(C(N)=O)noc3-c3ccc(F)cc3F)C2)CC1. The summed E-state index contributed by atoms with van der Waals surface area (Å²) in [6.45, 7) is 5.79. The maximum atomic E-state index is 15.0. The Hall–Kier alpha value is -3.41. The molecule has 2 fully saturated rings. The smallest absolute Gasteiger partial charge is 0.271 e. The summed E-state index contributed by atoms with van der Waals surface area (Å²) in [5, 5.41) is 17.4. The molecule has 43 heavy (non-hydrogen) atoms. The molecule has 0 unspecified atom stereocenters. The molecule has 1 saturated carbocycles. The zero-order valence-electron chi connectivity index (χ0n) is 24.1. The maximum Gasteiger partial charge on any atom is 0.271 e. The van der Waals surface area contributed by atoms with Gasteiger partial charge in [0.05, 0.1) is 16.7 Å². The number of nitrogens with zero attached hydrogens (tertiary/aromatic N) is 2. The van der Waals surface area contributed by atoms with Crippen LogP contribution in [0.25, 0.3) is 11.3 Å². The molecule has 12 heteroatoms. The highest BCUT2D eigenvalue weighted by molar-refractivity contribution is 6.30. The average Bonchev–Trinajstić information content (AvgIpc) is 3.31. The summed E-state index contributed by atoms with van der Waals surface area (Å²) < 4.78 is 48.4.